The van der Waals surface area contributed by atoms with Crippen LogP contribution in [0.25, 0.3) is 0 Å². The molecule has 0 unspecified atom stereocenters. The van der Waals surface area contributed by atoms with Gasteiger partial charge in [0, 0.05) is 23.0 Å². The molecule has 4 nitrogen and oxygen atoms in total. The smallest absolute Gasteiger partial charge is 0.255 e. The van der Waals surface area contributed by atoms with E-state index in [-0.39, 0.29) is 17.9 Å². The van der Waals surface area contributed by atoms with E-state index in [0.29, 0.717) is 19.0 Å². The summed E-state index contributed by atoms with van der Waals surface area (Å²) in [7, 11) is 0. The molecule has 1 fully saturated rings. The number of thiophene rings is 1. The monoisotopic (exact) mass is 354 g/mol. The van der Waals surface area contributed by atoms with Crippen LogP contribution in [0.15, 0.2) is 41.8 Å². The van der Waals surface area contributed by atoms with Crippen LogP contribution in [0, 0.1) is 0 Å². The summed E-state index contributed by atoms with van der Waals surface area (Å²) in [5.74, 6) is 0.0803. The molecule has 1 atom stereocenters. The van der Waals surface area contributed by atoms with Gasteiger partial charge in [0.1, 0.15) is 0 Å². The highest BCUT2D eigenvalue weighted by Crippen LogP contribution is 2.35. The van der Waals surface area contributed by atoms with Crippen LogP contribution in [-0.2, 0) is 11.3 Å². The van der Waals surface area contributed by atoms with Crippen molar-refractivity contribution in [1.82, 2.24) is 10.2 Å². The van der Waals surface area contributed by atoms with E-state index in [1.54, 1.807) is 11.3 Å². The largest absolute Gasteiger partial charge is 0.353 e. The first-order valence-electron chi connectivity index (χ1n) is 8.94. The highest BCUT2D eigenvalue weighted by Gasteiger charge is 2.35. The Kier molecular flexibility index (Phi) is 4.57. The molecule has 0 bridgehead atoms. The third-order valence-corrected chi connectivity index (χ3v) is 6.17. The molecule has 2 aromatic rings. The predicted octanol–water partition coefficient (Wildman–Crippen LogP) is 3.89. The van der Waals surface area contributed by atoms with Gasteiger partial charge in [-0.05, 0) is 35.9 Å². The Morgan fingerprint density at radius 3 is 2.72 bits per heavy atom. The quantitative estimate of drug-likeness (QED) is 0.885. The number of fused-ring (bicyclic) bond motifs is 1. The summed E-state index contributed by atoms with van der Waals surface area (Å²) in [6.45, 7) is 0.578. The van der Waals surface area contributed by atoms with Crippen LogP contribution < -0.4 is 5.32 Å². The molecule has 130 valence electrons. The van der Waals surface area contributed by atoms with Gasteiger partial charge in [-0.1, -0.05) is 37.1 Å². The van der Waals surface area contributed by atoms with Gasteiger partial charge in [-0.2, -0.15) is 0 Å². The molecular formula is C20H22N2O2S. The fourth-order valence-corrected chi connectivity index (χ4v) is 4.75. The van der Waals surface area contributed by atoms with Gasteiger partial charge in [0.2, 0.25) is 5.91 Å². The van der Waals surface area contributed by atoms with E-state index in [9.17, 15) is 9.59 Å². The average molecular weight is 354 g/mol. The first-order chi connectivity index (χ1) is 12.2. The number of carbonyl (C=O) groups is 2. The predicted molar refractivity (Wildman–Crippen MR) is 98.4 cm³/mol. The van der Waals surface area contributed by atoms with Gasteiger partial charge >= 0.3 is 0 Å². The van der Waals surface area contributed by atoms with Crippen LogP contribution in [-0.4, -0.2) is 22.8 Å². The van der Waals surface area contributed by atoms with E-state index >= 15 is 0 Å². The zero-order valence-corrected chi connectivity index (χ0v) is 14.9. The number of rotatable bonds is 5. The minimum atomic E-state index is -0.193. The zero-order chi connectivity index (χ0) is 17.2. The molecule has 25 heavy (non-hydrogen) atoms. The number of benzene rings is 1. The van der Waals surface area contributed by atoms with E-state index in [1.165, 1.54) is 12.8 Å². The van der Waals surface area contributed by atoms with Gasteiger partial charge in [0.25, 0.3) is 5.91 Å². The molecule has 2 amide bonds. The maximum atomic E-state index is 12.9. The Hall–Kier alpha value is -2.14. The second-order valence-electron chi connectivity index (χ2n) is 6.87. The lowest BCUT2D eigenvalue weighted by Gasteiger charge is -2.27. The fourth-order valence-electron chi connectivity index (χ4n) is 3.91. The minimum Gasteiger partial charge on any atom is -0.353 e. The van der Waals surface area contributed by atoms with Crippen LogP contribution in [0.1, 0.15) is 58.9 Å². The molecule has 0 saturated heterocycles. The molecule has 1 aliphatic heterocycles. The minimum absolute atomic E-state index is 0.0302. The molecule has 1 aliphatic carbocycles. The lowest BCUT2D eigenvalue weighted by atomic mass is 10.1. The van der Waals surface area contributed by atoms with Crippen molar-refractivity contribution in [2.45, 2.75) is 50.7 Å². The van der Waals surface area contributed by atoms with Crippen molar-refractivity contribution in [1.29, 1.82) is 0 Å². The third-order valence-electron chi connectivity index (χ3n) is 5.20. The maximum absolute atomic E-state index is 12.9. The van der Waals surface area contributed by atoms with E-state index in [0.717, 1.165) is 28.8 Å². The molecule has 1 N–H and O–H groups in total. The van der Waals surface area contributed by atoms with Crippen molar-refractivity contribution in [3.05, 3.63) is 57.8 Å². The maximum Gasteiger partial charge on any atom is 0.255 e. The highest BCUT2D eigenvalue weighted by molar-refractivity contribution is 7.10. The van der Waals surface area contributed by atoms with E-state index in [1.807, 2.05) is 46.7 Å². The summed E-state index contributed by atoms with van der Waals surface area (Å²) < 4.78 is 0. The first kappa shape index (κ1) is 16.3. The molecule has 4 rings (SSSR count). The zero-order valence-electron chi connectivity index (χ0n) is 14.1. The second-order valence-corrected chi connectivity index (χ2v) is 7.85. The van der Waals surface area contributed by atoms with E-state index in [2.05, 4.69) is 5.32 Å². The van der Waals surface area contributed by atoms with Gasteiger partial charge < -0.3 is 10.2 Å². The summed E-state index contributed by atoms with van der Waals surface area (Å²) >= 11 is 1.61. The van der Waals surface area contributed by atoms with Gasteiger partial charge in [0.05, 0.1) is 12.5 Å². The average Bonchev–Trinajstić information content (AvgIpc) is 3.35. The third kappa shape index (κ3) is 3.33. The molecule has 0 spiro atoms. The number of hydrogen-bond donors (Lipinski definition) is 1. The van der Waals surface area contributed by atoms with Gasteiger partial charge in [0.15, 0.2) is 0 Å². The molecule has 1 aromatic carbocycles. The van der Waals surface area contributed by atoms with Crippen molar-refractivity contribution in [2.75, 3.05) is 0 Å². The number of hydrogen-bond acceptors (Lipinski definition) is 3. The highest BCUT2D eigenvalue weighted by atomic mass is 32.1. The molecule has 1 aromatic heterocycles. The van der Waals surface area contributed by atoms with Crippen LogP contribution >= 0.6 is 11.3 Å². The molecule has 2 heterocycles. The lowest BCUT2D eigenvalue weighted by Crippen LogP contribution is -2.37. The Morgan fingerprint density at radius 1 is 1.20 bits per heavy atom. The Bertz CT molecular complexity index is 766. The van der Waals surface area contributed by atoms with Gasteiger partial charge in [-0.15, -0.1) is 11.3 Å². The number of carbonyl (C=O) groups excluding carboxylic acids is 2. The second kappa shape index (κ2) is 7.00. The van der Waals surface area contributed by atoms with Crippen LogP contribution in [0.4, 0.5) is 0 Å². The van der Waals surface area contributed by atoms with Crippen molar-refractivity contribution in [3.63, 3.8) is 0 Å². The van der Waals surface area contributed by atoms with Crippen LogP contribution in [0.2, 0.25) is 0 Å². The molecule has 1 saturated carbocycles. The Labute approximate surface area is 151 Å². The molecule has 5 heteroatoms. The number of nitrogens with one attached hydrogen (secondary N) is 1. The summed E-state index contributed by atoms with van der Waals surface area (Å²) in [4.78, 5) is 28.4. The van der Waals surface area contributed by atoms with Crippen molar-refractivity contribution >= 4 is 23.2 Å². The summed E-state index contributed by atoms with van der Waals surface area (Å²) in [6.07, 6.45) is 4.86. The number of amides is 2. The Morgan fingerprint density at radius 2 is 2.00 bits per heavy atom. The topological polar surface area (TPSA) is 49.4 Å². The van der Waals surface area contributed by atoms with Crippen LogP contribution in [0.3, 0.4) is 0 Å². The van der Waals surface area contributed by atoms with Gasteiger partial charge in [-0.25, -0.2) is 0 Å². The summed E-state index contributed by atoms with van der Waals surface area (Å²) in [6, 6.07) is 11.9. The van der Waals surface area contributed by atoms with Crippen molar-refractivity contribution in [2.24, 2.45) is 0 Å². The Balaban J connectivity index is 1.53. The first-order valence-corrected chi connectivity index (χ1v) is 9.82. The van der Waals surface area contributed by atoms with E-state index in [4.69, 9.17) is 0 Å². The lowest BCUT2D eigenvalue weighted by molar-refractivity contribution is -0.122. The van der Waals surface area contributed by atoms with Crippen molar-refractivity contribution in [3.8, 4) is 0 Å². The number of nitrogens with zero attached hydrogens (tertiary/aromatic N) is 1. The molecule has 0 radical (unpaired) electrons. The van der Waals surface area contributed by atoms with E-state index < -0.39 is 0 Å². The van der Waals surface area contributed by atoms with Crippen LogP contribution in [0.5, 0.6) is 0 Å². The van der Waals surface area contributed by atoms with Gasteiger partial charge in [-0.3, -0.25) is 9.59 Å². The SMILES string of the molecule is O=C(C[C@@H](c1cccs1)N1Cc2ccccc2C1=O)NC1CCCC1. The molecule has 2 aliphatic rings. The van der Waals surface area contributed by atoms with Crippen molar-refractivity contribution < 1.29 is 9.59 Å². The molecular weight excluding hydrogens is 332 g/mol. The normalized spacial score (nSPS) is 18.4. The fraction of sp³-hybridized carbons (Fsp3) is 0.400. The summed E-state index contributed by atoms with van der Waals surface area (Å²) in [5.41, 5.74) is 1.81. The standard InChI is InChI=1S/C20H22N2O2S/c23-19(21-15-7-2-3-8-15)12-17(18-10-5-11-25-18)22-13-14-6-1-4-9-16(14)20(22)24/h1,4-6,9-11,15,17H,2-3,7-8,12-13H2,(H,21,23)/t17-/m0/s1. The summed E-state index contributed by atoms with van der Waals surface area (Å²) in [5, 5.41) is 5.16.